The maximum Gasteiger partial charge on any atom is 0.0258 e. The molecule has 0 amide bonds. The average Bonchev–Trinajstić information content (AvgIpc) is 1.61. The maximum atomic E-state index is 4.56. The molecule has 4 nitrogen and oxygen atoms in total. The number of nitrogens with zero attached hydrogens (tertiary/aromatic N) is 3. The van der Waals surface area contributed by atoms with Crippen molar-refractivity contribution in [1.29, 1.82) is 0 Å². The second kappa shape index (κ2) is 4.07. The molecule has 0 saturated heterocycles. The van der Waals surface area contributed by atoms with Crippen molar-refractivity contribution in [3.05, 3.63) is 0 Å². The first-order chi connectivity index (χ1) is 2.91. The van der Waals surface area contributed by atoms with Crippen LogP contribution in [-0.4, -0.2) is 6.21 Å². The van der Waals surface area contributed by atoms with Crippen molar-refractivity contribution in [2.24, 2.45) is 21.4 Å². The quantitative estimate of drug-likeness (QED) is 0.212. The molecule has 0 unspecified atom stereocenters. The molecular formula is C2H6N4. The highest BCUT2D eigenvalue weighted by molar-refractivity contribution is 5.52. The van der Waals surface area contributed by atoms with Crippen LogP contribution in [0.1, 0.15) is 6.92 Å². The van der Waals surface area contributed by atoms with Gasteiger partial charge in [0.25, 0.3) is 0 Å². The summed E-state index contributed by atoms with van der Waals surface area (Å²) >= 11 is 0. The van der Waals surface area contributed by atoms with Crippen molar-refractivity contribution in [3.8, 4) is 0 Å². The van der Waals surface area contributed by atoms with Crippen LogP contribution in [0.5, 0.6) is 0 Å². The molecule has 0 aromatic rings. The van der Waals surface area contributed by atoms with Crippen LogP contribution in [0.25, 0.3) is 0 Å². The summed E-state index contributed by atoms with van der Waals surface area (Å²) < 4.78 is 0. The molecule has 0 fully saturated rings. The predicted molar refractivity (Wildman–Crippen MR) is 23.2 cm³/mol. The van der Waals surface area contributed by atoms with Gasteiger partial charge in [0, 0.05) is 6.21 Å². The lowest BCUT2D eigenvalue weighted by atomic mass is 10.9. The van der Waals surface area contributed by atoms with E-state index < -0.39 is 0 Å². The van der Waals surface area contributed by atoms with Gasteiger partial charge in [-0.05, 0) is 12.1 Å². The van der Waals surface area contributed by atoms with Gasteiger partial charge in [-0.25, -0.2) is 0 Å². The maximum absolute atomic E-state index is 4.56. The standard InChI is InChI=1S/C2H6N4/c1-2-4-6-5-3/h2H,1H3,(H2,3,6)/b4-2+. The van der Waals surface area contributed by atoms with Crippen molar-refractivity contribution >= 4 is 6.21 Å². The molecule has 4 heteroatoms. The smallest absolute Gasteiger partial charge is 0.0258 e. The van der Waals surface area contributed by atoms with Crippen LogP contribution in [0.2, 0.25) is 0 Å². The second-order valence-corrected chi connectivity index (χ2v) is 0.579. The Kier molecular flexibility index (Phi) is 3.44. The van der Waals surface area contributed by atoms with E-state index in [1.54, 1.807) is 6.92 Å². The van der Waals surface area contributed by atoms with Crippen molar-refractivity contribution in [1.82, 2.24) is 0 Å². The Morgan fingerprint density at radius 1 is 1.67 bits per heavy atom. The van der Waals surface area contributed by atoms with Gasteiger partial charge in [-0.2, -0.15) is 0 Å². The highest BCUT2D eigenvalue weighted by Crippen LogP contribution is 1.63. The van der Waals surface area contributed by atoms with Gasteiger partial charge < -0.3 is 5.84 Å². The minimum absolute atomic E-state index is 1.50. The summed E-state index contributed by atoms with van der Waals surface area (Å²) in [7, 11) is 0. The lowest BCUT2D eigenvalue weighted by molar-refractivity contribution is 0.960. The molecule has 0 bridgehead atoms. The third-order valence-corrected chi connectivity index (χ3v) is 0.219. The summed E-state index contributed by atoms with van der Waals surface area (Å²) in [6, 6.07) is 0. The van der Waals surface area contributed by atoms with Crippen molar-refractivity contribution in [2.75, 3.05) is 0 Å². The fourth-order valence-corrected chi connectivity index (χ4v) is 0.0815. The van der Waals surface area contributed by atoms with E-state index in [1.807, 2.05) is 0 Å². The van der Waals surface area contributed by atoms with Crippen molar-refractivity contribution in [3.63, 3.8) is 0 Å². The minimum atomic E-state index is 1.50. The van der Waals surface area contributed by atoms with E-state index in [4.69, 9.17) is 0 Å². The summed E-state index contributed by atoms with van der Waals surface area (Å²) in [5.41, 5.74) is 0. The Hall–Kier alpha value is -0.930. The molecule has 0 aliphatic carbocycles. The molecule has 2 N–H and O–H groups in total. The summed E-state index contributed by atoms with van der Waals surface area (Å²) in [4.78, 5) is 0. The molecule has 0 radical (unpaired) electrons. The van der Waals surface area contributed by atoms with Crippen LogP contribution in [-0.2, 0) is 0 Å². The Balaban J connectivity index is 3.07. The van der Waals surface area contributed by atoms with Crippen LogP contribution in [0.4, 0.5) is 0 Å². The van der Waals surface area contributed by atoms with Gasteiger partial charge in [-0.1, -0.05) is 5.22 Å². The molecule has 34 valence electrons. The Morgan fingerprint density at radius 3 is 2.50 bits per heavy atom. The third-order valence-electron chi connectivity index (χ3n) is 0.219. The highest BCUT2D eigenvalue weighted by atomic mass is 15.5. The Morgan fingerprint density at radius 2 is 2.33 bits per heavy atom. The molecule has 0 aromatic carbocycles. The van der Waals surface area contributed by atoms with Gasteiger partial charge in [0.05, 0.1) is 0 Å². The zero-order valence-electron chi connectivity index (χ0n) is 3.50. The van der Waals surface area contributed by atoms with Gasteiger partial charge >= 0.3 is 0 Å². The Bertz CT molecular complexity index is 53.9. The molecule has 0 aliphatic rings. The predicted octanol–water partition coefficient (Wildman–Crippen LogP) is 0.318. The zero-order chi connectivity index (χ0) is 4.83. The molecular weight excluding hydrogens is 80.0 g/mol. The molecule has 0 aromatic heterocycles. The first-order valence-electron chi connectivity index (χ1n) is 1.49. The Labute approximate surface area is 35.7 Å². The molecule has 0 saturated carbocycles. The van der Waals surface area contributed by atoms with E-state index in [1.165, 1.54) is 6.21 Å². The largest absolute Gasteiger partial charge is 0.303 e. The molecule has 0 atom stereocenters. The topological polar surface area (TPSA) is 63.1 Å². The van der Waals surface area contributed by atoms with Gasteiger partial charge in [-0.3, -0.25) is 0 Å². The highest BCUT2D eigenvalue weighted by Gasteiger charge is 1.49. The third kappa shape index (κ3) is 3.07. The number of rotatable bonds is 1. The van der Waals surface area contributed by atoms with Gasteiger partial charge in [0.2, 0.25) is 0 Å². The average molecular weight is 86.1 g/mol. The number of nitrogens with two attached hydrogens (primary N) is 1. The summed E-state index contributed by atoms with van der Waals surface area (Å²) in [5.74, 6) is 4.56. The van der Waals surface area contributed by atoms with E-state index in [-0.39, 0.29) is 0 Å². The molecule has 0 heterocycles. The summed E-state index contributed by atoms with van der Waals surface area (Å²) in [5, 5.41) is 9.21. The normalized spacial score (nSPS) is 11.5. The lowest BCUT2D eigenvalue weighted by Crippen LogP contribution is -1.71. The monoisotopic (exact) mass is 86.1 g/mol. The zero-order valence-corrected chi connectivity index (χ0v) is 3.50. The van der Waals surface area contributed by atoms with E-state index >= 15 is 0 Å². The lowest BCUT2D eigenvalue weighted by Gasteiger charge is -1.63. The molecule has 6 heavy (non-hydrogen) atoms. The van der Waals surface area contributed by atoms with Crippen LogP contribution in [0.3, 0.4) is 0 Å². The fraction of sp³-hybridized carbons (Fsp3) is 0.500. The van der Waals surface area contributed by atoms with Gasteiger partial charge in [-0.15, -0.1) is 5.10 Å². The summed E-state index contributed by atoms with van der Waals surface area (Å²) in [6.45, 7) is 1.73. The SMILES string of the molecule is C/C=N/N=N\N. The van der Waals surface area contributed by atoms with Crippen LogP contribution >= 0.6 is 0 Å². The first kappa shape index (κ1) is 5.07. The van der Waals surface area contributed by atoms with E-state index in [9.17, 15) is 0 Å². The van der Waals surface area contributed by atoms with Crippen LogP contribution in [0, 0.1) is 0 Å². The van der Waals surface area contributed by atoms with E-state index in [0.717, 1.165) is 0 Å². The fourth-order valence-electron chi connectivity index (χ4n) is 0.0815. The molecule has 0 rings (SSSR count). The van der Waals surface area contributed by atoms with Gasteiger partial charge in [0.1, 0.15) is 0 Å². The van der Waals surface area contributed by atoms with Crippen LogP contribution < -0.4 is 5.84 Å². The number of hydrogen-bond acceptors (Lipinski definition) is 2. The van der Waals surface area contributed by atoms with Crippen molar-refractivity contribution < 1.29 is 0 Å². The minimum Gasteiger partial charge on any atom is -0.303 e. The number of hydrogen-bond donors (Lipinski definition) is 1. The van der Waals surface area contributed by atoms with Crippen molar-refractivity contribution in [2.45, 2.75) is 6.92 Å². The van der Waals surface area contributed by atoms with E-state index in [0.29, 0.717) is 0 Å². The van der Waals surface area contributed by atoms with Gasteiger partial charge in [0.15, 0.2) is 0 Å². The molecule has 0 spiro atoms. The van der Waals surface area contributed by atoms with E-state index in [2.05, 4.69) is 21.4 Å². The first-order valence-corrected chi connectivity index (χ1v) is 1.49. The second-order valence-electron chi connectivity index (χ2n) is 0.579. The molecule has 0 aliphatic heterocycles. The summed E-state index contributed by atoms with van der Waals surface area (Å²) in [6.07, 6.45) is 1.50. The van der Waals surface area contributed by atoms with Crippen LogP contribution in [0.15, 0.2) is 15.5 Å².